The van der Waals surface area contributed by atoms with Crippen molar-refractivity contribution < 1.29 is 19.6 Å². The van der Waals surface area contributed by atoms with Gasteiger partial charge in [-0.25, -0.2) is 0 Å². The Morgan fingerprint density at radius 2 is 1.70 bits per heavy atom. The number of phenols is 1. The van der Waals surface area contributed by atoms with E-state index in [-0.39, 0.29) is 33.7 Å². The van der Waals surface area contributed by atoms with Crippen LogP contribution >= 0.6 is 0 Å². The van der Waals surface area contributed by atoms with Crippen molar-refractivity contribution >= 4 is 17.3 Å². The van der Waals surface area contributed by atoms with E-state index < -0.39 is 16.5 Å². The predicted molar refractivity (Wildman–Crippen MR) is 68.1 cm³/mol. The quantitative estimate of drug-likeness (QED) is 0.538. The van der Waals surface area contributed by atoms with Crippen molar-refractivity contribution in [1.82, 2.24) is 0 Å². The maximum atomic E-state index is 12.3. The molecule has 0 spiro atoms. The van der Waals surface area contributed by atoms with Crippen molar-refractivity contribution in [3.63, 3.8) is 0 Å². The number of fused-ring (bicyclic) bond motifs is 2. The Morgan fingerprint density at radius 1 is 0.950 bits per heavy atom. The highest BCUT2D eigenvalue weighted by molar-refractivity contribution is 6.29. The molecule has 0 amide bonds. The molecule has 2 aromatic rings. The molecular formula is C14H7NO5. The van der Waals surface area contributed by atoms with Crippen LogP contribution in [0, 0.1) is 10.1 Å². The van der Waals surface area contributed by atoms with Crippen molar-refractivity contribution in [2.45, 2.75) is 0 Å². The predicted octanol–water partition coefficient (Wildman–Crippen LogP) is 2.08. The highest BCUT2D eigenvalue weighted by Crippen LogP contribution is 2.33. The molecule has 0 aromatic heterocycles. The topological polar surface area (TPSA) is 97.5 Å². The van der Waals surface area contributed by atoms with Crippen LogP contribution in [0.15, 0.2) is 36.4 Å². The van der Waals surface area contributed by atoms with E-state index in [1.807, 2.05) is 0 Å². The summed E-state index contributed by atoms with van der Waals surface area (Å²) < 4.78 is 0. The average molecular weight is 269 g/mol. The summed E-state index contributed by atoms with van der Waals surface area (Å²) >= 11 is 0. The van der Waals surface area contributed by atoms with Gasteiger partial charge in [0.05, 0.1) is 10.5 Å². The minimum Gasteiger partial charge on any atom is -0.507 e. The molecule has 0 radical (unpaired) electrons. The molecule has 6 nitrogen and oxygen atoms in total. The van der Waals surface area contributed by atoms with Gasteiger partial charge in [-0.05, 0) is 12.1 Å². The number of hydrogen-bond donors (Lipinski definition) is 1. The standard InChI is InChI=1S/C14H7NO5/c16-11-3-1-2-9-12(11)14(18)10-6-7(15(19)20)4-5-8(10)13(9)17/h1-6,16H. The van der Waals surface area contributed by atoms with Gasteiger partial charge in [0.25, 0.3) is 5.69 Å². The first kappa shape index (κ1) is 12.0. The van der Waals surface area contributed by atoms with Gasteiger partial charge in [0, 0.05) is 28.8 Å². The third-order valence-electron chi connectivity index (χ3n) is 3.22. The number of carbonyl (C=O) groups excluding carboxylic acids is 2. The summed E-state index contributed by atoms with van der Waals surface area (Å²) in [6.45, 7) is 0. The van der Waals surface area contributed by atoms with Crippen molar-refractivity contribution in [1.29, 1.82) is 0 Å². The van der Waals surface area contributed by atoms with Crippen molar-refractivity contribution in [3.8, 4) is 5.75 Å². The zero-order chi connectivity index (χ0) is 14.4. The fourth-order valence-electron chi connectivity index (χ4n) is 2.28. The molecule has 3 rings (SSSR count). The van der Waals surface area contributed by atoms with Gasteiger partial charge in [-0.3, -0.25) is 19.7 Å². The van der Waals surface area contributed by atoms with Crippen LogP contribution in [-0.4, -0.2) is 21.6 Å². The number of aromatic hydroxyl groups is 1. The summed E-state index contributed by atoms with van der Waals surface area (Å²) in [6, 6.07) is 7.71. The van der Waals surface area contributed by atoms with Gasteiger partial charge in [-0.2, -0.15) is 0 Å². The first-order valence-corrected chi connectivity index (χ1v) is 5.70. The number of rotatable bonds is 1. The van der Waals surface area contributed by atoms with Gasteiger partial charge in [0.15, 0.2) is 11.6 Å². The van der Waals surface area contributed by atoms with Crippen LogP contribution in [-0.2, 0) is 0 Å². The highest BCUT2D eigenvalue weighted by Gasteiger charge is 2.32. The van der Waals surface area contributed by atoms with E-state index in [0.29, 0.717) is 0 Å². The molecule has 0 aliphatic heterocycles. The summed E-state index contributed by atoms with van der Waals surface area (Å²) in [7, 11) is 0. The maximum absolute atomic E-state index is 12.3. The Kier molecular flexibility index (Phi) is 2.40. The van der Waals surface area contributed by atoms with E-state index in [4.69, 9.17) is 0 Å². The summed E-state index contributed by atoms with van der Waals surface area (Å²) in [5.74, 6) is -1.32. The molecule has 1 N–H and O–H groups in total. The fraction of sp³-hybridized carbons (Fsp3) is 0. The minimum atomic E-state index is -0.640. The van der Waals surface area contributed by atoms with Crippen LogP contribution < -0.4 is 0 Å². The van der Waals surface area contributed by atoms with Crippen LogP contribution in [0.5, 0.6) is 5.75 Å². The van der Waals surface area contributed by atoms with E-state index >= 15 is 0 Å². The lowest BCUT2D eigenvalue weighted by atomic mass is 9.83. The van der Waals surface area contributed by atoms with Gasteiger partial charge in [0.2, 0.25) is 0 Å². The molecule has 0 saturated carbocycles. The molecule has 20 heavy (non-hydrogen) atoms. The number of nitrogens with zero attached hydrogens (tertiary/aromatic N) is 1. The molecule has 0 unspecified atom stereocenters. The molecule has 1 aliphatic rings. The largest absolute Gasteiger partial charge is 0.507 e. The lowest BCUT2D eigenvalue weighted by Crippen LogP contribution is -2.21. The summed E-state index contributed by atoms with van der Waals surface area (Å²) in [5, 5.41) is 20.5. The number of phenolic OH excluding ortho intramolecular Hbond substituents is 1. The van der Waals surface area contributed by atoms with Crippen LogP contribution in [0.25, 0.3) is 0 Å². The first-order valence-electron chi connectivity index (χ1n) is 5.70. The number of ketones is 2. The monoisotopic (exact) mass is 269 g/mol. The van der Waals surface area contributed by atoms with Crippen LogP contribution in [0.3, 0.4) is 0 Å². The first-order chi connectivity index (χ1) is 9.50. The Labute approximate surface area is 112 Å². The second-order valence-corrected chi connectivity index (χ2v) is 4.34. The minimum absolute atomic E-state index is 0.0572. The Bertz CT molecular complexity index is 794. The van der Waals surface area contributed by atoms with E-state index in [1.165, 1.54) is 30.3 Å². The number of hydrogen-bond acceptors (Lipinski definition) is 5. The van der Waals surface area contributed by atoms with Crippen LogP contribution in [0.1, 0.15) is 31.8 Å². The van der Waals surface area contributed by atoms with Crippen LogP contribution in [0.4, 0.5) is 5.69 Å². The zero-order valence-electron chi connectivity index (χ0n) is 9.99. The zero-order valence-corrected chi connectivity index (χ0v) is 9.99. The molecule has 0 heterocycles. The number of non-ortho nitro benzene ring substituents is 1. The average Bonchev–Trinajstić information content (AvgIpc) is 2.44. The fourth-order valence-corrected chi connectivity index (χ4v) is 2.28. The van der Waals surface area contributed by atoms with Crippen molar-refractivity contribution in [2.24, 2.45) is 0 Å². The van der Waals surface area contributed by atoms with Gasteiger partial charge in [-0.15, -0.1) is 0 Å². The molecule has 0 fully saturated rings. The number of nitro benzene ring substituents is 1. The van der Waals surface area contributed by atoms with Gasteiger partial charge in [0.1, 0.15) is 5.75 Å². The second kappa shape index (κ2) is 3.99. The molecule has 6 heteroatoms. The smallest absolute Gasteiger partial charge is 0.270 e. The van der Waals surface area contributed by atoms with E-state index in [9.17, 15) is 24.8 Å². The molecule has 0 atom stereocenters. The third kappa shape index (κ3) is 1.51. The van der Waals surface area contributed by atoms with E-state index in [0.717, 1.165) is 6.07 Å². The van der Waals surface area contributed by atoms with Crippen molar-refractivity contribution in [2.75, 3.05) is 0 Å². The van der Waals surface area contributed by atoms with Crippen LogP contribution in [0.2, 0.25) is 0 Å². The summed E-state index contributed by atoms with van der Waals surface area (Å²) in [4.78, 5) is 34.7. The third-order valence-corrected chi connectivity index (χ3v) is 3.22. The number of carbonyl (C=O) groups is 2. The lowest BCUT2D eigenvalue weighted by Gasteiger charge is -2.17. The Hall–Kier alpha value is -3.02. The van der Waals surface area contributed by atoms with Gasteiger partial charge in [-0.1, -0.05) is 12.1 Å². The summed E-state index contributed by atoms with van der Waals surface area (Å²) in [5.41, 5.74) is -0.220. The highest BCUT2D eigenvalue weighted by atomic mass is 16.6. The molecule has 98 valence electrons. The normalized spacial score (nSPS) is 12.8. The van der Waals surface area contributed by atoms with Crippen molar-refractivity contribution in [3.05, 3.63) is 68.8 Å². The Morgan fingerprint density at radius 3 is 2.40 bits per heavy atom. The molecule has 1 aliphatic carbocycles. The summed E-state index contributed by atoms with van der Waals surface area (Å²) in [6.07, 6.45) is 0. The lowest BCUT2D eigenvalue weighted by molar-refractivity contribution is -0.384. The number of benzene rings is 2. The Balaban J connectivity index is 2.30. The molecule has 2 aromatic carbocycles. The SMILES string of the molecule is O=C1c2ccc([N+](=O)[O-])cc2C(=O)c2c(O)cccc21. The van der Waals surface area contributed by atoms with Gasteiger partial charge >= 0.3 is 0 Å². The van der Waals surface area contributed by atoms with Gasteiger partial charge < -0.3 is 5.11 Å². The maximum Gasteiger partial charge on any atom is 0.270 e. The number of nitro groups is 1. The second-order valence-electron chi connectivity index (χ2n) is 4.34. The van der Waals surface area contributed by atoms with E-state index in [1.54, 1.807) is 0 Å². The molecule has 0 saturated heterocycles. The molecule has 0 bridgehead atoms. The molecular weight excluding hydrogens is 262 g/mol. The van der Waals surface area contributed by atoms with E-state index in [2.05, 4.69) is 0 Å².